The van der Waals surface area contributed by atoms with Crippen LogP contribution in [0.15, 0.2) is 0 Å². The molecule has 0 rings (SSSR count). The maximum Gasteiger partial charge on any atom is 0.321 e. The molecule has 0 saturated carbocycles. The fraction of sp³-hybridized carbons (Fsp3) is 1.00. The topological polar surface area (TPSA) is 18.5 Å². The highest BCUT2D eigenvalue weighted by molar-refractivity contribution is 6.44. The van der Waals surface area contributed by atoms with Crippen molar-refractivity contribution in [2.45, 2.75) is 91.0 Å². The van der Waals surface area contributed by atoms with E-state index in [1.54, 1.807) is 0 Å². The van der Waals surface area contributed by atoms with Gasteiger partial charge in [0.25, 0.3) is 0 Å². The van der Waals surface area contributed by atoms with E-state index in [-0.39, 0.29) is 0 Å². The van der Waals surface area contributed by atoms with Crippen molar-refractivity contribution in [3.63, 3.8) is 0 Å². The Morgan fingerprint density at radius 2 is 1.05 bits per heavy atom. The molecular formula is C16H36O2Si. The molecule has 0 N–H and O–H groups in total. The van der Waals surface area contributed by atoms with Crippen molar-refractivity contribution in [2.75, 3.05) is 13.2 Å². The normalized spacial score (nSPS) is 11.4. The number of hydrogen-bond donors (Lipinski definition) is 0. The fourth-order valence-corrected chi connectivity index (χ4v) is 4.21. The van der Waals surface area contributed by atoms with Crippen molar-refractivity contribution in [3.8, 4) is 0 Å². The molecule has 2 nitrogen and oxygen atoms in total. The molecule has 19 heavy (non-hydrogen) atoms. The van der Waals surface area contributed by atoms with Crippen LogP contribution in [0.4, 0.5) is 0 Å². The zero-order chi connectivity index (χ0) is 14.2. The van der Waals surface area contributed by atoms with Gasteiger partial charge in [0.2, 0.25) is 0 Å². The second-order valence-electron chi connectivity index (χ2n) is 5.43. The maximum absolute atomic E-state index is 5.87. The van der Waals surface area contributed by atoms with E-state index in [0.29, 0.717) is 0 Å². The van der Waals surface area contributed by atoms with Crippen molar-refractivity contribution in [1.82, 2.24) is 0 Å². The average molecular weight is 289 g/mol. The first kappa shape index (κ1) is 19.1. The number of unbranched alkanes of at least 4 members (excludes halogenated alkanes) is 7. The molecule has 0 aliphatic rings. The van der Waals surface area contributed by atoms with Gasteiger partial charge in [0, 0.05) is 13.2 Å². The lowest BCUT2D eigenvalue weighted by Gasteiger charge is -2.16. The van der Waals surface area contributed by atoms with Gasteiger partial charge in [0.15, 0.2) is 0 Å². The van der Waals surface area contributed by atoms with Gasteiger partial charge in [0.1, 0.15) is 0 Å². The molecule has 0 atom stereocenters. The molecule has 0 aromatic heterocycles. The van der Waals surface area contributed by atoms with E-state index in [9.17, 15) is 0 Å². The van der Waals surface area contributed by atoms with Gasteiger partial charge in [-0.15, -0.1) is 0 Å². The molecule has 0 bridgehead atoms. The van der Waals surface area contributed by atoms with E-state index < -0.39 is 9.28 Å². The van der Waals surface area contributed by atoms with Gasteiger partial charge in [-0.25, -0.2) is 0 Å². The van der Waals surface area contributed by atoms with Crippen LogP contribution in [0.1, 0.15) is 85.0 Å². The Kier molecular flexibility index (Phi) is 16.3. The second-order valence-corrected chi connectivity index (χ2v) is 7.54. The molecule has 0 amide bonds. The molecule has 0 aliphatic heterocycles. The molecule has 0 heterocycles. The van der Waals surface area contributed by atoms with Crippen molar-refractivity contribution < 1.29 is 8.85 Å². The Bertz CT molecular complexity index is 157. The lowest BCUT2D eigenvalue weighted by molar-refractivity contribution is 0.195. The highest BCUT2D eigenvalue weighted by Gasteiger charge is 2.11. The summed E-state index contributed by atoms with van der Waals surface area (Å²) in [7, 11) is -1.34. The third kappa shape index (κ3) is 14.4. The summed E-state index contributed by atoms with van der Waals surface area (Å²) >= 11 is 0. The fourth-order valence-electron chi connectivity index (χ4n) is 2.16. The first-order chi connectivity index (χ1) is 9.35. The van der Waals surface area contributed by atoms with Crippen LogP contribution < -0.4 is 0 Å². The van der Waals surface area contributed by atoms with Crippen LogP contribution >= 0.6 is 0 Å². The van der Waals surface area contributed by atoms with E-state index >= 15 is 0 Å². The summed E-state index contributed by atoms with van der Waals surface area (Å²) in [5, 5.41) is 0. The first-order valence-corrected chi connectivity index (χ1v) is 10.3. The summed E-state index contributed by atoms with van der Waals surface area (Å²) in [5.41, 5.74) is 0. The van der Waals surface area contributed by atoms with E-state index in [2.05, 4.69) is 20.8 Å². The van der Waals surface area contributed by atoms with Crippen molar-refractivity contribution >= 4 is 9.28 Å². The summed E-state index contributed by atoms with van der Waals surface area (Å²) < 4.78 is 11.7. The zero-order valence-electron chi connectivity index (χ0n) is 13.6. The third-order valence-electron chi connectivity index (χ3n) is 3.31. The smallest absolute Gasteiger partial charge is 0.321 e. The molecule has 3 heteroatoms. The van der Waals surface area contributed by atoms with Gasteiger partial charge >= 0.3 is 9.28 Å². The maximum atomic E-state index is 5.87. The Morgan fingerprint density at radius 3 is 1.53 bits per heavy atom. The zero-order valence-corrected chi connectivity index (χ0v) is 14.7. The molecule has 0 spiro atoms. The minimum atomic E-state index is -1.34. The second kappa shape index (κ2) is 16.2. The summed E-state index contributed by atoms with van der Waals surface area (Å²) in [6, 6.07) is 1.20. The van der Waals surface area contributed by atoms with E-state index in [1.165, 1.54) is 57.4 Å². The summed E-state index contributed by atoms with van der Waals surface area (Å²) in [5.74, 6) is 0. The Hall–Kier alpha value is 0.137. The summed E-state index contributed by atoms with van der Waals surface area (Å²) in [4.78, 5) is 0. The number of hydrogen-bond acceptors (Lipinski definition) is 2. The van der Waals surface area contributed by atoms with Gasteiger partial charge in [-0.3, -0.25) is 0 Å². The molecule has 0 aromatic carbocycles. The van der Waals surface area contributed by atoms with Gasteiger partial charge in [-0.1, -0.05) is 72.1 Å². The predicted molar refractivity (Wildman–Crippen MR) is 87.1 cm³/mol. The van der Waals surface area contributed by atoms with Crippen LogP contribution in [0.5, 0.6) is 0 Å². The lowest BCUT2D eigenvalue weighted by atomic mass is 10.1. The van der Waals surface area contributed by atoms with E-state index in [1.807, 2.05) is 0 Å². The van der Waals surface area contributed by atoms with E-state index in [4.69, 9.17) is 8.85 Å². The molecule has 0 saturated heterocycles. The van der Waals surface area contributed by atoms with Crippen LogP contribution in [0.25, 0.3) is 0 Å². The van der Waals surface area contributed by atoms with Gasteiger partial charge < -0.3 is 8.85 Å². The van der Waals surface area contributed by atoms with Crippen LogP contribution in [-0.4, -0.2) is 22.5 Å². The molecular weight excluding hydrogens is 252 g/mol. The third-order valence-corrected chi connectivity index (χ3v) is 5.40. The van der Waals surface area contributed by atoms with Crippen molar-refractivity contribution in [2.24, 2.45) is 0 Å². The minimum absolute atomic E-state index is 0.887. The molecule has 116 valence electrons. The van der Waals surface area contributed by atoms with Crippen LogP contribution in [-0.2, 0) is 8.85 Å². The largest absolute Gasteiger partial charge is 0.397 e. The van der Waals surface area contributed by atoms with Crippen molar-refractivity contribution in [3.05, 3.63) is 0 Å². The predicted octanol–water partition coefficient (Wildman–Crippen LogP) is 5.20. The molecule has 0 unspecified atom stereocenters. The van der Waals surface area contributed by atoms with Crippen LogP contribution in [0.2, 0.25) is 6.04 Å². The van der Waals surface area contributed by atoms with Gasteiger partial charge in [0.05, 0.1) is 0 Å². The first-order valence-electron chi connectivity index (χ1n) is 8.58. The monoisotopic (exact) mass is 288 g/mol. The van der Waals surface area contributed by atoms with Crippen LogP contribution in [0, 0.1) is 0 Å². The molecule has 0 radical (unpaired) electrons. The minimum Gasteiger partial charge on any atom is -0.397 e. The highest BCUT2D eigenvalue weighted by atomic mass is 28.3. The van der Waals surface area contributed by atoms with Gasteiger partial charge in [-0.2, -0.15) is 0 Å². The molecule has 0 aliphatic carbocycles. The standard InChI is InChI=1S/C16H36O2Si/c1-4-7-8-9-10-11-12-13-16-19(17-14-5-2)18-15-6-3/h19H,4-16H2,1-3H3. The summed E-state index contributed by atoms with van der Waals surface area (Å²) in [6.07, 6.45) is 13.3. The average Bonchev–Trinajstić information content (AvgIpc) is 2.43. The molecule has 0 aromatic rings. The van der Waals surface area contributed by atoms with Gasteiger partial charge in [-0.05, 0) is 18.9 Å². The molecule has 0 fully saturated rings. The lowest BCUT2D eigenvalue weighted by Crippen LogP contribution is -2.23. The quantitative estimate of drug-likeness (QED) is 0.304. The summed E-state index contributed by atoms with van der Waals surface area (Å²) in [6.45, 7) is 8.38. The number of rotatable bonds is 15. The van der Waals surface area contributed by atoms with Crippen LogP contribution in [0.3, 0.4) is 0 Å². The SMILES string of the molecule is CCCCCCCCCC[SiH](OCCC)OCCC. The van der Waals surface area contributed by atoms with Crippen molar-refractivity contribution in [1.29, 1.82) is 0 Å². The Labute approximate surface area is 123 Å². The van der Waals surface area contributed by atoms with E-state index in [0.717, 1.165) is 26.1 Å². The Morgan fingerprint density at radius 1 is 0.579 bits per heavy atom. The highest BCUT2D eigenvalue weighted by Crippen LogP contribution is 2.12. The Balaban J connectivity index is 3.40.